The van der Waals surface area contributed by atoms with Crippen molar-refractivity contribution in [2.45, 2.75) is 38.5 Å². The van der Waals surface area contributed by atoms with Crippen molar-refractivity contribution in [2.75, 3.05) is 18.0 Å². The highest BCUT2D eigenvalue weighted by atomic mass is 35.5. The first kappa shape index (κ1) is 15.4. The van der Waals surface area contributed by atoms with E-state index in [2.05, 4.69) is 26.2 Å². The van der Waals surface area contributed by atoms with Crippen LogP contribution in [-0.4, -0.2) is 28.3 Å². The normalized spacial score (nSPS) is 25.8. The molecule has 1 saturated carbocycles. The maximum absolute atomic E-state index is 9.56. The van der Waals surface area contributed by atoms with Gasteiger partial charge in [0.1, 0.15) is 11.9 Å². The molecule has 0 N–H and O–H groups in total. The Morgan fingerprint density at radius 2 is 2.25 bits per heavy atom. The third-order valence-electron chi connectivity index (χ3n) is 5.49. The molecule has 124 valence electrons. The van der Waals surface area contributed by atoms with Gasteiger partial charge >= 0.3 is 0 Å². The van der Waals surface area contributed by atoms with E-state index in [9.17, 15) is 5.26 Å². The molecule has 1 aliphatic carbocycles. The third-order valence-corrected chi connectivity index (χ3v) is 5.87. The lowest BCUT2D eigenvalue weighted by molar-refractivity contribution is 0.299. The van der Waals surface area contributed by atoms with Crippen LogP contribution in [0.15, 0.2) is 10.6 Å². The van der Waals surface area contributed by atoms with Crippen molar-refractivity contribution < 1.29 is 4.42 Å². The minimum Gasteiger partial charge on any atom is -0.425 e. The van der Waals surface area contributed by atoms with Crippen LogP contribution in [-0.2, 0) is 5.41 Å². The van der Waals surface area contributed by atoms with Crippen LogP contribution in [0.2, 0.25) is 5.02 Å². The van der Waals surface area contributed by atoms with Crippen molar-refractivity contribution in [1.82, 2.24) is 15.2 Å². The second-order valence-electron chi connectivity index (χ2n) is 6.79. The lowest BCUT2D eigenvalue weighted by Crippen LogP contribution is -2.32. The standard InChI is InChI=1S/C17H18ClN5O/c1-10-13(6-19)15(20-7-14(10)18)23-8-12-4-3-5-17(12,9-23)16-22-21-11(2)24-16/h7,12H,3-5,8-9H2,1-2H3/t12-,17-/m0/s1. The van der Waals surface area contributed by atoms with Gasteiger partial charge in [-0.15, -0.1) is 10.2 Å². The summed E-state index contributed by atoms with van der Waals surface area (Å²) in [4.78, 5) is 6.64. The Bertz CT molecular complexity index is 842. The maximum atomic E-state index is 9.56. The summed E-state index contributed by atoms with van der Waals surface area (Å²) in [6.45, 7) is 5.29. The van der Waals surface area contributed by atoms with Gasteiger partial charge in [0.2, 0.25) is 11.8 Å². The van der Waals surface area contributed by atoms with E-state index in [-0.39, 0.29) is 5.41 Å². The highest BCUT2D eigenvalue weighted by Crippen LogP contribution is 2.51. The van der Waals surface area contributed by atoms with Gasteiger partial charge in [0.05, 0.1) is 16.0 Å². The van der Waals surface area contributed by atoms with Gasteiger partial charge in [-0.25, -0.2) is 4.98 Å². The summed E-state index contributed by atoms with van der Waals surface area (Å²) in [5, 5.41) is 18.4. The van der Waals surface area contributed by atoms with E-state index in [1.165, 1.54) is 0 Å². The highest BCUT2D eigenvalue weighted by Gasteiger charge is 2.54. The fraction of sp³-hybridized carbons (Fsp3) is 0.529. The molecule has 1 aliphatic heterocycles. The number of aromatic nitrogens is 3. The Morgan fingerprint density at radius 3 is 2.96 bits per heavy atom. The largest absolute Gasteiger partial charge is 0.425 e. The Labute approximate surface area is 145 Å². The van der Waals surface area contributed by atoms with Crippen molar-refractivity contribution in [3.8, 4) is 6.07 Å². The molecule has 2 fully saturated rings. The van der Waals surface area contributed by atoms with Gasteiger partial charge in [-0.3, -0.25) is 0 Å². The van der Waals surface area contributed by atoms with Crippen LogP contribution in [0, 0.1) is 31.1 Å². The van der Waals surface area contributed by atoms with E-state index in [4.69, 9.17) is 16.0 Å². The first-order chi connectivity index (χ1) is 11.5. The number of anilines is 1. The summed E-state index contributed by atoms with van der Waals surface area (Å²) >= 11 is 6.13. The van der Waals surface area contributed by atoms with E-state index in [1.807, 2.05) is 13.8 Å². The molecule has 2 aliphatic rings. The van der Waals surface area contributed by atoms with E-state index in [0.29, 0.717) is 28.2 Å². The number of pyridine rings is 1. The van der Waals surface area contributed by atoms with Gasteiger partial charge in [0.15, 0.2) is 0 Å². The first-order valence-corrected chi connectivity index (χ1v) is 8.53. The van der Waals surface area contributed by atoms with Gasteiger partial charge in [-0.1, -0.05) is 18.0 Å². The predicted molar refractivity (Wildman–Crippen MR) is 89.0 cm³/mol. The molecule has 0 radical (unpaired) electrons. The molecule has 24 heavy (non-hydrogen) atoms. The van der Waals surface area contributed by atoms with Crippen LogP contribution >= 0.6 is 11.6 Å². The zero-order valence-corrected chi connectivity index (χ0v) is 14.5. The van der Waals surface area contributed by atoms with Crippen molar-refractivity contribution in [2.24, 2.45) is 5.92 Å². The fourth-order valence-electron chi connectivity index (χ4n) is 4.24. The second kappa shape index (κ2) is 5.45. The van der Waals surface area contributed by atoms with Gasteiger partial charge in [0.25, 0.3) is 0 Å². The smallest absolute Gasteiger partial charge is 0.224 e. The molecule has 2 aromatic rings. The van der Waals surface area contributed by atoms with Crippen LogP contribution in [0.3, 0.4) is 0 Å². The number of nitriles is 1. The van der Waals surface area contributed by atoms with Gasteiger partial charge in [0, 0.05) is 26.2 Å². The fourth-order valence-corrected chi connectivity index (χ4v) is 4.38. The number of nitrogens with zero attached hydrogens (tertiary/aromatic N) is 5. The molecule has 0 amide bonds. The Balaban J connectivity index is 1.74. The van der Waals surface area contributed by atoms with Crippen LogP contribution in [0.25, 0.3) is 0 Å². The van der Waals surface area contributed by atoms with Crippen LogP contribution in [0.4, 0.5) is 5.82 Å². The molecule has 7 heteroatoms. The Hall–Kier alpha value is -2.13. The molecule has 4 rings (SSSR count). The molecular formula is C17H18ClN5O. The topological polar surface area (TPSA) is 78.8 Å². The van der Waals surface area contributed by atoms with E-state index >= 15 is 0 Å². The molecule has 6 nitrogen and oxygen atoms in total. The summed E-state index contributed by atoms with van der Waals surface area (Å²) < 4.78 is 5.80. The highest BCUT2D eigenvalue weighted by molar-refractivity contribution is 6.31. The molecule has 0 aromatic carbocycles. The quantitative estimate of drug-likeness (QED) is 0.833. The summed E-state index contributed by atoms with van der Waals surface area (Å²) in [5.41, 5.74) is 1.21. The summed E-state index contributed by atoms with van der Waals surface area (Å²) in [7, 11) is 0. The van der Waals surface area contributed by atoms with Crippen molar-refractivity contribution in [3.05, 3.63) is 34.1 Å². The Kier molecular flexibility index (Phi) is 3.50. The predicted octanol–water partition coefficient (Wildman–Crippen LogP) is 3.16. The van der Waals surface area contributed by atoms with E-state index < -0.39 is 0 Å². The van der Waals surface area contributed by atoms with E-state index in [0.717, 1.165) is 43.8 Å². The van der Waals surface area contributed by atoms with Gasteiger partial charge in [-0.2, -0.15) is 5.26 Å². The summed E-state index contributed by atoms with van der Waals surface area (Å²) in [5.74, 6) is 2.49. The number of rotatable bonds is 2. The summed E-state index contributed by atoms with van der Waals surface area (Å²) in [6, 6.07) is 2.26. The molecule has 2 atom stereocenters. The monoisotopic (exact) mass is 343 g/mol. The molecule has 0 spiro atoms. The molecule has 1 saturated heterocycles. The molecule has 0 unspecified atom stereocenters. The maximum Gasteiger partial charge on any atom is 0.224 e. The number of hydrogen-bond donors (Lipinski definition) is 0. The van der Waals surface area contributed by atoms with Crippen molar-refractivity contribution >= 4 is 17.4 Å². The average molecular weight is 344 g/mol. The van der Waals surface area contributed by atoms with Crippen LogP contribution in [0.5, 0.6) is 0 Å². The SMILES string of the molecule is Cc1nnc([C@]23CCC[C@H]2CN(c2ncc(Cl)c(C)c2C#N)C3)o1. The van der Waals surface area contributed by atoms with Crippen LogP contribution < -0.4 is 4.90 Å². The molecular weight excluding hydrogens is 326 g/mol. The number of aryl methyl sites for hydroxylation is 1. The van der Waals surface area contributed by atoms with Gasteiger partial charge in [-0.05, 0) is 31.2 Å². The molecule has 3 heterocycles. The number of fused-ring (bicyclic) bond motifs is 1. The number of halogens is 1. The van der Waals surface area contributed by atoms with Gasteiger partial charge < -0.3 is 9.32 Å². The second-order valence-corrected chi connectivity index (χ2v) is 7.20. The zero-order valence-electron chi connectivity index (χ0n) is 13.7. The first-order valence-electron chi connectivity index (χ1n) is 8.16. The van der Waals surface area contributed by atoms with Crippen molar-refractivity contribution in [1.29, 1.82) is 5.26 Å². The van der Waals surface area contributed by atoms with Crippen LogP contribution in [0.1, 0.15) is 42.2 Å². The minimum atomic E-state index is -0.122. The zero-order chi connectivity index (χ0) is 16.9. The lowest BCUT2D eigenvalue weighted by Gasteiger charge is -2.25. The Morgan fingerprint density at radius 1 is 1.42 bits per heavy atom. The lowest BCUT2D eigenvalue weighted by atomic mass is 9.80. The average Bonchev–Trinajstić information content (AvgIpc) is 3.23. The summed E-state index contributed by atoms with van der Waals surface area (Å²) in [6.07, 6.45) is 4.96. The molecule has 2 aromatic heterocycles. The molecule has 0 bridgehead atoms. The third kappa shape index (κ3) is 2.11. The number of hydrogen-bond acceptors (Lipinski definition) is 6. The minimum absolute atomic E-state index is 0.122. The van der Waals surface area contributed by atoms with E-state index in [1.54, 1.807) is 6.20 Å². The van der Waals surface area contributed by atoms with Crippen molar-refractivity contribution in [3.63, 3.8) is 0 Å².